The molecule has 0 spiro atoms. The van der Waals surface area contributed by atoms with E-state index in [1.54, 1.807) is 30.4 Å². The standard InChI is InChI=1S/C15H20N6O2/c1-23-9-15(4-6-16-7-5-15)14(22)20-12-2-3-13(18-8-12)21-11-17-10-19-21/h2-3,8,10-11,16H,4-7,9H2,1H3,(H,20,22). The van der Waals surface area contributed by atoms with Gasteiger partial charge in [0.15, 0.2) is 5.82 Å². The molecule has 0 atom stereocenters. The fraction of sp³-hybridized carbons (Fsp3) is 0.467. The zero-order chi connectivity index (χ0) is 16.1. The zero-order valence-electron chi connectivity index (χ0n) is 13.0. The fourth-order valence-electron chi connectivity index (χ4n) is 2.80. The molecule has 2 aromatic heterocycles. The van der Waals surface area contributed by atoms with E-state index in [9.17, 15) is 4.79 Å². The van der Waals surface area contributed by atoms with Crippen LogP contribution in [0.2, 0.25) is 0 Å². The molecule has 0 radical (unpaired) electrons. The van der Waals surface area contributed by atoms with Crippen LogP contribution in [0.15, 0.2) is 31.0 Å². The van der Waals surface area contributed by atoms with Crippen molar-refractivity contribution in [3.8, 4) is 5.82 Å². The predicted molar refractivity (Wildman–Crippen MR) is 84.2 cm³/mol. The van der Waals surface area contributed by atoms with Gasteiger partial charge in [0.25, 0.3) is 0 Å². The first-order valence-electron chi connectivity index (χ1n) is 7.56. The number of piperidine rings is 1. The highest BCUT2D eigenvalue weighted by molar-refractivity contribution is 5.95. The molecule has 3 heterocycles. The smallest absolute Gasteiger partial charge is 0.233 e. The average molecular weight is 316 g/mol. The lowest BCUT2D eigenvalue weighted by Gasteiger charge is -2.35. The molecule has 3 rings (SSSR count). The van der Waals surface area contributed by atoms with Gasteiger partial charge < -0.3 is 15.4 Å². The summed E-state index contributed by atoms with van der Waals surface area (Å²) >= 11 is 0. The van der Waals surface area contributed by atoms with Crippen molar-refractivity contribution in [3.63, 3.8) is 0 Å². The van der Waals surface area contributed by atoms with E-state index in [-0.39, 0.29) is 5.91 Å². The molecule has 1 amide bonds. The zero-order valence-corrected chi connectivity index (χ0v) is 13.0. The Kier molecular flexibility index (Phi) is 4.63. The van der Waals surface area contributed by atoms with Gasteiger partial charge in [-0.25, -0.2) is 14.6 Å². The highest BCUT2D eigenvalue weighted by Gasteiger charge is 2.39. The molecule has 0 bridgehead atoms. The second kappa shape index (κ2) is 6.84. The van der Waals surface area contributed by atoms with E-state index in [1.165, 1.54) is 6.33 Å². The van der Waals surface area contributed by atoms with Crippen molar-refractivity contribution >= 4 is 11.6 Å². The Morgan fingerprint density at radius 1 is 1.43 bits per heavy atom. The molecular formula is C15H20N6O2. The second-order valence-corrected chi connectivity index (χ2v) is 5.66. The van der Waals surface area contributed by atoms with Crippen LogP contribution in [-0.4, -0.2) is 52.5 Å². The first-order valence-corrected chi connectivity index (χ1v) is 7.56. The Bertz CT molecular complexity index is 629. The Balaban J connectivity index is 1.71. The number of carbonyl (C=O) groups is 1. The Labute approximate surface area is 134 Å². The van der Waals surface area contributed by atoms with Crippen molar-refractivity contribution in [3.05, 3.63) is 31.0 Å². The summed E-state index contributed by atoms with van der Waals surface area (Å²) in [6.07, 6.45) is 6.16. The molecule has 23 heavy (non-hydrogen) atoms. The number of hydrogen-bond donors (Lipinski definition) is 2. The van der Waals surface area contributed by atoms with Crippen LogP contribution in [0.25, 0.3) is 5.82 Å². The normalized spacial score (nSPS) is 16.9. The third-order valence-corrected chi connectivity index (χ3v) is 4.12. The van der Waals surface area contributed by atoms with Gasteiger partial charge in [-0.1, -0.05) is 0 Å². The minimum absolute atomic E-state index is 0.0174. The van der Waals surface area contributed by atoms with Crippen molar-refractivity contribution < 1.29 is 9.53 Å². The fourth-order valence-corrected chi connectivity index (χ4v) is 2.80. The van der Waals surface area contributed by atoms with E-state index >= 15 is 0 Å². The summed E-state index contributed by atoms with van der Waals surface area (Å²) in [5.74, 6) is 0.630. The molecule has 2 aromatic rings. The minimum Gasteiger partial charge on any atom is -0.384 e. The number of aromatic nitrogens is 4. The molecule has 122 valence electrons. The SMILES string of the molecule is COCC1(C(=O)Nc2ccc(-n3cncn3)nc2)CCNCC1. The molecule has 0 saturated carbocycles. The molecule has 1 saturated heterocycles. The number of anilines is 1. The number of methoxy groups -OCH3 is 1. The van der Waals surface area contributed by atoms with Gasteiger partial charge in [0.1, 0.15) is 12.7 Å². The maximum atomic E-state index is 12.7. The Hall–Kier alpha value is -2.32. The van der Waals surface area contributed by atoms with Crippen molar-refractivity contribution in [1.29, 1.82) is 0 Å². The topological polar surface area (TPSA) is 94.0 Å². The van der Waals surface area contributed by atoms with Crippen molar-refractivity contribution in [2.45, 2.75) is 12.8 Å². The first kappa shape index (κ1) is 15.6. The van der Waals surface area contributed by atoms with Gasteiger partial charge in [-0.15, -0.1) is 0 Å². The van der Waals surface area contributed by atoms with Gasteiger partial charge in [0.05, 0.1) is 23.9 Å². The van der Waals surface area contributed by atoms with Gasteiger partial charge in [-0.05, 0) is 38.1 Å². The molecule has 0 unspecified atom stereocenters. The summed E-state index contributed by atoms with van der Waals surface area (Å²) in [4.78, 5) is 20.9. The molecule has 2 N–H and O–H groups in total. The van der Waals surface area contributed by atoms with Gasteiger partial charge in [-0.2, -0.15) is 5.10 Å². The molecular weight excluding hydrogens is 296 g/mol. The van der Waals surface area contributed by atoms with E-state index in [2.05, 4.69) is 25.7 Å². The number of nitrogens with zero attached hydrogens (tertiary/aromatic N) is 4. The van der Waals surface area contributed by atoms with Gasteiger partial charge in [0.2, 0.25) is 5.91 Å². The third kappa shape index (κ3) is 3.38. The summed E-state index contributed by atoms with van der Waals surface area (Å²) < 4.78 is 6.85. The number of hydrogen-bond acceptors (Lipinski definition) is 6. The van der Waals surface area contributed by atoms with Gasteiger partial charge in [-0.3, -0.25) is 4.79 Å². The largest absolute Gasteiger partial charge is 0.384 e. The van der Waals surface area contributed by atoms with E-state index in [0.29, 0.717) is 18.1 Å². The van der Waals surface area contributed by atoms with E-state index < -0.39 is 5.41 Å². The quantitative estimate of drug-likeness (QED) is 0.840. The van der Waals surface area contributed by atoms with E-state index in [0.717, 1.165) is 25.9 Å². The van der Waals surface area contributed by atoms with Crippen LogP contribution in [0.1, 0.15) is 12.8 Å². The van der Waals surface area contributed by atoms with Crippen molar-refractivity contribution in [1.82, 2.24) is 25.1 Å². The number of nitrogens with one attached hydrogen (secondary N) is 2. The summed E-state index contributed by atoms with van der Waals surface area (Å²) in [5.41, 5.74) is 0.178. The summed E-state index contributed by atoms with van der Waals surface area (Å²) in [6, 6.07) is 3.60. The Morgan fingerprint density at radius 2 is 2.26 bits per heavy atom. The third-order valence-electron chi connectivity index (χ3n) is 4.12. The second-order valence-electron chi connectivity index (χ2n) is 5.66. The predicted octanol–water partition coefficient (Wildman–Crippen LogP) is 0.617. The van der Waals surface area contributed by atoms with Gasteiger partial charge in [0, 0.05) is 7.11 Å². The highest BCUT2D eigenvalue weighted by atomic mass is 16.5. The molecule has 1 aliphatic heterocycles. The van der Waals surface area contributed by atoms with Crippen LogP contribution in [0, 0.1) is 5.41 Å². The van der Waals surface area contributed by atoms with E-state index in [4.69, 9.17) is 4.74 Å². The monoisotopic (exact) mass is 316 g/mol. The molecule has 1 aliphatic rings. The number of rotatable bonds is 5. The molecule has 8 nitrogen and oxygen atoms in total. The van der Waals surface area contributed by atoms with E-state index in [1.807, 2.05) is 6.07 Å². The Morgan fingerprint density at radius 3 is 2.87 bits per heavy atom. The minimum atomic E-state index is -0.482. The van der Waals surface area contributed by atoms with Crippen LogP contribution in [-0.2, 0) is 9.53 Å². The van der Waals surface area contributed by atoms with Crippen LogP contribution in [0.3, 0.4) is 0 Å². The average Bonchev–Trinajstić information content (AvgIpc) is 3.11. The van der Waals surface area contributed by atoms with Crippen LogP contribution in [0.5, 0.6) is 0 Å². The van der Waals surface area contributed by atoms with Crippen molar-refractivity contribution in [2.24, 2.45) is 5.41 Å². The summed E-state index contributed by atoms with van der Waals surface area (Å²) in [5, 5.41) is 10.2. The molecule has 1 fully saturated rings. The number of carbonyl (C=O) groups excluding carboxylic acids is 1. The molecule has 0 aromatic carbocycles. The lowest BCUT2D eigenvalue weighted by molar-refractivity contribution is -0.130. The summed E-state index contributed by atoms with van der Waals surface area (Å²) in [6.45, 7) is 2.06. The lowest BCUT2D eigenvalue weighted by atomic mass is 9.78. The lowest BCUT2D eigenvalue weighted by Crippen LogP contribution is -2.47. The van der Waals surface area contributed by atoms with Crippen LogP contribution >= 0.6 is 0 Å². The number of ether oxygens (including phenoxy) is 1. The first-order chi connectivity index (χ1) is 11.2. The highest BCUT2D eigenvalue weighted by Crippen LogP contribution is 2.30. The maximum Gasteiger partial charge on any atom is 0.233 e. The van der Waals surface area contributed by atoms with Gasteiger partial charge >= 0.3 is 0 Å². The molecule has 8 heteroatoms. The van der Waals surface area contributed by atoms with Crippen molar-refractivity contribution in [2.75, 3.05) is 32.1 Å². The maximum absolute atomic E-state index is 12.7. The number of amides is 1. The van der Waals surface area contributed by atoms with Crippen LogP contribution < -0.4 is 10.6 Å². The summed E-state index contributed by atoms with van der Waals surface area (Å²) in [7, 11) is 1.63. The molecule has 0 aliphatic carbocycles. The number of pyridine rings is 1. The van der Waals surface area contributed by atoms with Crippen LogP contribution in [0.4, 0.5) is 5.69 Å².